The van der Waals surface area contributed by atoms with Crippen LogP contribution in [-0.4, -0.2) is 30.3 Å². The number of alkyl halides is 2. The van der Waals surface area contributed by atoms with Gasteiger partial charge in [-0.1, -0.05) is 19.9 Å². The van der Waals surface area contributed by atoms with E-state index in [1.165, 1.54) is 35.0 Å². The summed E-state index contributed by atoms with van der Waals surface area (Å²) in [5.74, 6) is -0.792. The van der Waals surface area contributed by atoms with Gasteiger partial charge in [-0.25, -0.2) is 27.7 Å². The number of carbonyl (C=O) groups excluding carboxylic acids is 1. The molecule has 0 amide bonds. The predicted molar refractivity (Wildman–Crippen MR) is 112 cm³/mol. The van der Waals surface area contributed by atoms with E-state index in [9.17, 15) is 18.0 Å². The quantitative estimate of drug-likeness (QED) is 0.396. The van der Waals surface area contributed by atoms with Crippen molar-refractivity contribution in [3.05, 3.63) is 66.0 Å². The molecule has 4 aromatic rings. The highest BCUT2D eigenvalue weighted by Crippen LogP contribution is 2.29. The maximum atomic E-state index is 14.3. The molecule has 0 saturated heterocycles. The van der Waals surface area contributed by atoms with E-state index in [1.54, 1.807) is 12.3 Å². The van der Waals surface area contributed by atoms with Crippen LogP contribution in [0.5, 0.6) is 0 Å². The lowest BCUT2D eigenvalue weighted by Crippen LogP contribution is -2.12. The van der Waals surface area contributed by atoms with Gasteiger partial charge in [0.05, 0.1) is 11.9 Å². The van der Waals surface area contributed by atoms with Crippen molar-refractivity contribution in [3.63, 3.8) is 0 Å². The van der Waals surface area contributed by atoms with Crippen LogP contribution in [0.15, 0.2) is 48.9 Å². The van der Waals surface area contributed by atoms with Crippen molar-refractivity contribution in [3.8, 4) is 11.5 Å². The summed E-state index contributed by atoms with van der Waals surface area (Å²) < 4.78 is 41.9. The Balaban J connectivity index is 1.91. The van der Waals surface area contributed by atoms with Gasteiger partial charge in [0.1, 0.15) is 16.9 Å². The minimum atomic E-state index is -2.76. The Labute approximate surface area is 181 Å². The topological polar surface area (TPSA) is 85.1 Å². The van der Waals surface area contributed by atoms with Crippen LogP contribution in [0.25, 0.3) is 17.0 Å². The highest BCUT2D eigenvalue weighted by Gasteiger charge is 2.23. The minimum absolute atomic E-state index is 0.0371. The SMILES string of the molecule is CCC(C)C(=O)c1ccn2nc(-c3cccc(C(F)F)n3)nc(Nc3ccncc3F)c12. The molecule has 0 fully saturated rings. The van der Waals surface area contributed by atoms with Crippen LogP contribution in [-0.2, 0) is 0 Å². The number of aromatic nitrogens is 5. The van der Waals surface area contributed by atoms with Crippen molar-refractivity contribution in [2.75, 3.05) is 5.32 Å². The van der Waals surface area contributed by atoms with Crippen LogP contribution in [0, 0.1) is 11.7 Å². The smallest absolute Gasteiger partial charge is 0.280 e. The first-order valence-electron chi connectivity index (χ1n) is 9.94. The molecule has 0 aliphatic heterocycles. The number of carbonyl (C=O) groups is 1. The number of pyridine rings is 2. The molecule has 0 aliphatic carbocycles. The summed E-state index contributed by atoms with van der Waals surface area (Å²) in [4.78, 5) is 25.0. The Bertz CT molecular complexity index is 1290. The molecule has 1 atom stereocenters. The second-order valence-electron chi connectivity index (χ2n) is 7.21. The molecule has 32 heavy (non-hydrogen) atoms. The molecule has 10 heteroatoms. The third-order valence-electron chi connectivity index (χ3n) is 5.09. The van der Waals surface area contributed by atoms with Gasteiger partial charge in [-0.05, 0) is 30.7 Å². The Morgan fingerprint density at radius 3 is 2.72 bits per heavy atom. The maximum absolute atomic E-state index is 14.3. The van der Waals surface area contributed by atoms with E-state index >= 15 is 0 Å². The fourth-order valence-electron chi connectivity index (χ4n) is 3.17. The van der Waals surface area contributed by atoms with Gasteiger partial charge >= 0.3 is 0 Å². The normalized spacial score (nSPS) is 12.3. The molecule has 0 radical (unpaired) electrons. The maximum Gasteiger partial charge on any atom is 0.280 e. The number of Topliss-reactive ketones (excluding diaryl/α,β-unsaturated/α-hetero) is 1. The van der Waals surface area contributed by atoms with Gasteiger partial charge in [-0.15, -0.1) is 5.10 Å². The van der Waals surface area contributed by atoms with Gasteiger partial charge in [0.15, 0.2) is 17.4 Å². The summed E-state index contributed by atoms with van der Waals surface area (Å²) in [6.07, 6.45) is 1.90. The van der Waals surface area contributed by atoms with E-state index in [0.29, 0.717) is 17.5 Å². The second-order valence-corrected chi connectivity index (χ2v) is 7.21. The van der Waals surface area contributed by atoms with Gasteiger partial charge in [-0.2, -0.15) is 0 Å². The van der Waals surface area contributed by atoms with E-state index in [0.717, 1.165) is 6.20 Å². The standard InChI is InChI=1S/C22H19F3N6O/c1-3-12(2)19(32)13-8-10-31-18(13)22(28-15-7-9-26-11-14(15)23)29-21(30-31)17-6-4-5-16(27-17)20(24)25/h4-12,20H,3H2,1-2H3,(H,26,28,29,30). The first-order chi connectivity index (χ1) is 15.4. The lowest BCUT2D eigenvalue weighted by Gasteiger charge is -2.13. The van der Waals surface area contributed by atoms with Crippen molar-refractivity contribution in [1.29, 1.82) is 0 Å². The lowest BCUT2D eigenvalue weighted by molar-refractivity contribution is 0.0929. The molecule has 0 saturated carbocycles. The third-order valence-corrected chi connectivity index (χ3v) is 5.09. The van der Waals surface area contributed by atoms with Crippen LogP contribution in [0.1, 0.15) is 42.7 Å². The number of fused-ring (bicyclic) bond motifs is 1. The highest BCUT2D eigenvalue weighted by molar-refractivity contribution is 6.06. The number of halogens is 3. The average molecular weight is 440 g/mol. The zero-order valence-corrected chi connectivity index (χ0v) is 17.3. The molecule has 4 aromatic heterocycles. The van der Waals surface area contributed by atoms with Crippen LogP contribution in [0.4, 0.5) is 24.7 Å². The van der Waals surface area contributed by atoms with Gasteiger partial charge in [-0.3, -0.25) is 9.78 Å². The summed E-state index contributed by atoms with van der Waals surface area (Å²) in [6, 6.07) is 7.16. The van der Waals surface area contributed by atoms with Crippen LogP contribution in [0.2, 0.25) is 0 Å². The lowest BCUT2D eigenvalue weighted by atomic mass is 9.98. The van der Waals surface area contributed by atoms with Crippen LogP contribution in [0.3, 0.4) is 0 Å². The number of nitrogens with one attached hydrogen (secondary N) is 1. The molecular formula is C22H19F3N6O. The molecule has 0 spiro atoms. The molecular weight excluding hydrogens is 421 g/mol. The molecule has 0 bridgehead atoms. The number of nitrogens with zero attached hydrogens (tertiary/aromatic N) is 5. The summed E-state index contributed by atoms with van der Waals surface area (Å²) in [5.41, 5.74) is 0.508. The van der Waals surface area contributed by atoms with Gasteiger partial charge in [0.25, 0.3) is 6.43 Å². The first-order valence-corrected chi connectivity index (χ1v) is 9.94. The van der Waals surface area contributed by atoms with E-state index in [1.807, 2.05) is 13.8 Å². The molecule has 7 nitrogen and oxygen atoms in total. The van der Waals surface area contributed by atoms with Crippen molar-refractivity contribution in [2.45, 2.75) is 26.7 Å². The van der Waals surface area contributed by atoms with Gasteiger partial charge < -0.3 is 5.32 Å². The molecule has 1 N–H and O–H groups in total. The fourth-order valence-corrected chi connectivity index (χ4v) is 3.17. The molecule has 4 rings (SSSR count). The monoisotopic (exact) mass is 440 g/mol. The summed E-state index contributed by atoms with van der Waals surface area (Å²) in [6.45, 7) is 3.72. The Kier molecular flexibility index (Phi) is 5.85. The fraction of sp³-hybridized carbons (Fsp3) is 0.227. The Hall–Kier alpha value is -3.82. The van der Waals surface area contributed by atoms with E-state index in [2.05, 4.69) is 25.4 Å². The van der Waals surface area contributed by atoms with Crippen molar-refractivity contribution >= 4 is 22.8 Å². The summed E-state index contributed by atoms with van der Waals surface area (Å²) in [7, 11) is 0. The van der Waals surface area contributed by atoms with Crippen molar-refractivity contribution in [1.82, 2.24) is 24.6 Å². The Morgan fingerprint density at radius 2 is 2.00 bits per heavy atom. The average Bonchev–Trinajstić information content (AvgIpc) is 3.24. The Morgan fingerprint density at radius 1 is 1.19 bits per heavy atom. The van der Waals surface area contributed by atoms with Gasteiger partial charge in [0, 0.05) is 23.9 Å². The minimum Gasteiger partial charge on any atom is -0.336 e. The van der Waals surface area contributed by atoms with Crippen molar-refractivity contribution in [2.24, 2.45) is 5.92 Å². The molecule has 0 aromatic carbocycles. The molecule has 1 unspecified atom stereocenters. The van der Waals surface area contributed by atoms with E-state index in [-0.39, 0.29) is 34.7 Å². The van der Waals surface area contributed by atoms with Crippen LogP contribution < -0.4 is 5.32 Å². The molecule has 164 valence electrons. The van der Waals surface area contributed by atoms with Crippen LogP contribution >= 0.6 is 0 Å². The highest BCUT2D eigenvalue weighted by atomic mass is 19.3. The number of anilines is 2. The zero-order chi connectivity index (χ0) is 22.8. The summed E-state index contributed by atoms with van der Waals surface area (Å²) >= 11 is 0. The first kappa shape index (κ1) is 21.4. The number of rotatable bonds is 7. The summed E-state index contributed by atoms with van der Waals surface area (Å²) in [5, 5.41) is 7.24. The zero-order valence-electron chi connectivity index (χ0n) is 17.3. The molecule has 0 aliphatic rings. The largest absolute Gasteiger partial charge is 0.336 e. The number of hydrogen-bond acceptors (Lipinski definition) is 6. The number of hydrogen-bond donors (Lipinski definition) is 1. The van der Waals surface area contributed by atoms with E-state index in [4.69, 9.17) is 0 Å². The van der Waals surface area contributed by atoms with E-state index < -0.39 is 17.9 Å². The third kappa shape index (κ3) is 4.03. The number of ketones is 1. The second kappa shape index (κ2) is 8.74. The van der Waals surface area contributed by atoms with Crippen molar-refractivity contribution < 1.29 is 18.0 Å². The predicted octanol–water partition coefficient (Wildman–Crippen LogP) is 5.24. The van der Waals surface area contributed by atoms with Gasteiger partial charge in [0.2, 0.25) is 5.82 Å². The molecule has 4 heterocycles.